The van der Waals surface area contributed by atoms with E-state index >= 15 is 0 Å². The van der Waals surface area contributed by atoms with Crippen molar-refractivity contribution in [3.8, 4) is 5.75 Å². The normalized spacial score (nSPS) is 14.4. The topological polar surface area (TPSA) is 151 Å². The summed E-state index contributed by atoms with van der Waals surface area (Å²) >= 11 is 0. The number of H-pyrrole nitrogens is 2. The van der Waals surface area contributed by atoms with Crippen LogP contribution in [-0.4, -0.2) is 52.1 Å². The average Bonchev–Trinajstić information content (AvgIpc) is 3.50. The van der Waals surface area contributed by atoms with Gasteiger partial charge in [0, 0.05) is 35.5 Å². The second-order valence-electron chi connectivity index (χ2n) is 9.08. The summed E-state index contributed by atoms with van der Waals surface area (Å²) < 4.78 is 10.6. The Balaban J connectivity index is 1.29. The maximum atomic E-state index is 13.1. The minimum absolute atomic E-state index is 0.211. The van der Waals surface area contributed by atoms with Gasteiger partial charge in [0.25, 0.3) is 5.91 Å². The van der Waals surface area contributed by atoms with E-state index in [9.17, 15) is 14.4 Å². The molecule has 2 aromatic heterocycles. The molecule has 4 N–H and O–H groups in total. The number of ether oxygens (including phenoxy) is 2. The number of anilines is 1. The summed E-state index contributed by atoms with van der Waals surface area (Å²) in [6, 6.07) is 17.8. The molecule has 0 spiro atoms. The molecule has 39 heavy (non-hydrogen) atoms. The Morgan fingerprint density at radius 3 is 2.69 bits per heavy atom. The number of rotatable bonds is 8. The third kappa shape index (κ3) is 4.71. The van der Waals surface area contributed by atoms with Crippen LogP contribution in [0.5, 0.6) is 5.75 Å². The van der Waals surface area contributed by atoms with E-state index in [2.05, 4.69) is 30.6 Å². The molecule has 1 unspecified atom stereocenters. The molecule has 3 heterocycles. The highest BCUT2D eigenvalue weighted by atomic mass is 16.5. The number of para-hydroxylation sites is 2. The van der Waals surface area contributed by atoms with Gasteiger partial charge in [0.15, 0.2) is 0 Å². The zero-order valence-corrected chi connectivity index (χ0v) is 20.9. The van der Waals surface area contributed by atoms with Gasteiger partial charge >= 0.3 is 5.69 Å². The smallest absolute Gasteiger partial charge is 0.345 e. The van der Waals surface area contributed by atoms with Gasteiger partial charge in [-0.1, -0.05) is 12.1 Å². The molecule has 1 aliphatic rings. The number of carbonyl (C=O) groups is 2. The van der Waals surface area contributed by atoms with Gasteiger partial charge in [-0.2, -0.15) is 4.98 Å². The van der Waals surface area contributed by atoms with Crippen LogP contribution in [0.1, 0.15) is 33.4 Å². The molecule has 0 saturated carbocycles. The summed E-state index contributed by atoms with van der Waals surface area (Å²) in [5.41, 5.74) is 3.43. The summed E-state index contributed by atoms with van der Waals surface area (Å²) in [5, 5.41) is 6.32. The summed E-state index contributed by atoms with van der Waals surface area (Å²) in [6.45, 7) is 0.971. The van der Waals surface area contributed by atoms with Gasteiger partial charge in [-0.05, 0) is 48.0 Å². The molecule has 1 aliphatic heterocycles. The first-order valence-electron chi connectivity index (χ1n) is 12.3. The van der Waals surface area contributed by atoms with E-state index in [4.69, 9.17) is 9.47 Å². The number of methoxy groups -OCH3 is 1. The van der Waals surface area contributed by atoms with Crippen molar-refractivity contribution in [2.45, 2.75) is 12.5 Å². The fraction of sp³-hybridized carbons (Fsp3) is 0.179. The number of aromatic amines is 2. The Morgan fingerprint density at radius 2 is 1.85 bits per heavy atom. The first-order valence-corrected chi connectivity index (χ1v) is 12.3. The van der Waals surface area contributed by atoms with E-state index in [-0.39, 0.29) is 18.4 Å². The van der Waals surface area contributed by atoms with E-state index in [1.165, 1.54) is 0 Å². The van der Waals surface area contributed by atoms with Crippen LogP contribution in [-0.2, 0) is 16.1 Å². The van der Waals surface area contributed by atoms with Crippen LogP contribution in [0.4, 0.5) is 5.69 Å². The quantitative estimate of drug-likeness (QED) is 0.228. The van der Waals surface area contributed by atoms with Crippen LogP contribution < -0.4 is 21.1 Å². The molecule has 0 aliphatic carbocycles. The average molecular weight is 525 g/mol. The number of fused-ring (bicyclic) bond motifs is 3. The zero-order valence-electron chi connectivity index (χ0n) is 20.9. The lowest BCUT2D eigenvalue weighted by Gasteiger charge is -2.14. The highest BCUT2D eigenvalue weighted by Gasteiger charge is 2.35. The van der Waals surface area contributed by atoms with Gasteiger partial charge < -0.3 is 30.1 Å². The van der Waals surface area contributed by atoms with Crippen LogP contribution in [0.3, 0.4) is 0 Å². The second-order valence-corrected chi connectivity index (χ2v) is 9.08. The molecule has 3 aromatic carbocycles. The van der Waals surface area contributed by atoms with Crippen molar-refractivity contribution >= 4 is 39.4 Å². The molecule has 0 radical (unpaired) electrons. The Kier molecular flexibility index (Phi) is 6.25. The van der Waals surface area contributed by atoms with Crippen molar-refractivity contribution in [2.75, 3.05) is 25.6 Å². The number of imidazole rings is 1. The minimum Gasteiger partial charge on any atom is -0.491 e. The van der Waals surface area contributed by atoms with Gasteiger partial charge in [0.05, 0.1) is 29.7 Å². The molecule has 0 fully saturated rings. The Morgan fingerprint density at radius 1 is 0.974 bits per heavy atom. The van der Waals surface area contributed by atoms with Gasteiger partial charge in [-0.3, -0.25) is 9.59 Å². The summed E-state index contributed by atoms with van der Waals surface area (Å²) in [5.74, 6) is -0.299. The van der Waals surface area contributed by atoms with Crippen LogP contribution in [0.25, 0.3) is 21.9 Å². The Labute approximate surface area is 221 Å². The molecule has 0 saturated heterocycles. The summed E-state index contributed by atoms with van der Waals surface area (Å²) in [4.78, 5) is 53.1. The number of aromatic nitrogens is 4. The zero-order chi connectivity index (χ0) is 26.9. The molecule has 1 atom stereocenters. The molecule has 0 bridgehead atoms. The van der Waals surface area contributed by atoms with Gasteiger partial charge in [0.1, 0.15) is 24.1 Å². The number of nitrogens with zero attached hydrogens (tertiary/aromatic N) is 2. The second kappa shape index (κ2) is 10.0. The number of carbonyl (C=O) groups excluding carboxylic acids is 2. The van der Waals surface area contributed by atoms with Gasteiger partial charge in [-0.25, -0.2) is 9.78 Å². The van der Waals surface area contributed by atoms with Crippen LogP contribution >= 0.6 is 0 Å². The first kappa shape index (κ1) is 24.3. The number of hydrogen-bond acceptors (Lipinski definition) is 7. The fourth-order valence-corrected chi connectivity index (χ4v) is 4.76. The van der Waals surface area contributed by atoms with Crippen molar-refractivity contribution < 1.29 is 19.1 Å². The SMILES string of the molecule is COCCOc1ccc2c(C3C(=O)Nc4ccc(C(=O)NCc5nc6ccccc6[nH]5)cc43)[nH]c(=O)nc2c1. The molecule has 5 aromatic rings. The van der Waals surface area contributed by atoms with Crippen molar-refractivity contribution in [2.24, 2.45) is 0 Å². The first-order chi connectivity index (χ1) is 19.0. The molecule has 11 heteroatoms. The Bertz CT molecular complexity index is 1760. The van der Waals surface area contributed by atoms with Crippen molar-refractivity contribution in [1.29, 1.82) is 0 Å². The highest BCUT2D eigenvalue weighted by molar-refractivity contribution is 6.08. The predicted molar refractivity (Wildman–Crippen MR) is 144 cm³/mol. The number of benzene rings is 3. The molecular weight excluding hydrogens is 500 g/mol. The number of nitrogens with one attached hydrogen (secondary N) is 4. The monoisotopic (exact) mass is 524 g/mol. The lowest BCUT2D eigenvalue weighted by Crippen LogP contribution is -2.23. The van der Waals surface area contributed by atoms with Gasteiger partial charge in [-0.15, -0.1) is 0 Å². The van der Waals surface area contributed by atoms with Crippen LogP contribution in [0.2, 0.25) is 0 Å². The molecule has 11 nitrogen and oxygen atoms in total. The number of hydrogen-bond donors (Lipinski definition) is 4. The maximum absolute atomic E-state index is 13.1. The van der Waals surface area contributed by atoms with E-state index in [1.54, 1.807) is 43.5 Å². The van der Waals surface area contributed by atoms with Crippen molar-refractivity contribution in [1.82, 2.24) is 25.3 Å². The molecule has 2 amide bonds. The van der Waals surface area contributed by atoms with Gasteiger partial charge in [0.2, 0.25) is 5.91 Å². The third-order valence-electron chi connectivity index (χ3n) is 6.57. The largest absolute Gasteiger partial charge is 0.491 e. The van der Waals surface area contributed by atoms with Crippen molar-refractivity contribution in [3.05, 3.63) is 93.8 Å². The fourth-order valence-electron chi connectivity index (χ4n) is 4.76. The van der Waals surface area contributed by atoms with E-state index in [1.807, 2.05) is 24.3 Å². The third-order valence-corrected chi connectivity index (χ3v) is 6.57. The standard InChI is InChI=1S/C28H24N6O5/c1-38-10-11-39-16-7-8-17-22(13-16)33-28(37)34-25(17)24-18-12-15(6-9-19(18)32-27(24)36)26(35)29-14-23-30-20-4-2-3-5-21(20)31-23/h2-9,12-13,24H,10-11,14H2,1H3,(H,29,35)(H,30,31)(H,32,36)(H,33,34,37). The lowest BCUT2D eigenvalue weighted by molar-refractivity contribution is -0.116. The van der Waals surface area contributed by atoms with E-state index < -0.39 is 11.6 Å². The lowest BCUT2D eigenvalue weighted by atomic mass is 9.92. The van der Waals surface area contributed by atoms with E-state index in [0.29, 0.717) is 58.2 Å². The Hall–Kier alpha value is -5.03. The highest BCUT2D eigenvalue weighted by Crippen LogP contribution is 2.39. The molecule has 6 rings (SSSR count). The minimum atomic E-state index is -0.832. The summed E-state index contributed by atoms with van der Waals surface area (Å²) in [7, 11) is 1.58. The molecular formula is C28H24N6O5. The van der Waals surface area contributed by atoms with Crippen LogP contribution in [0, 0.1) is 0 Å². The predicted octanol–water partition coefficient (Wildman–Crippen LogP) is 2.84. The summed E-state index contributed by atoms with van der Waals surface area (Å²) in [6.07, 6.45) is 0. The van der Waals surface area contributed by atoms with E-state index in [0.717, 1.165) is 11.0 Å². The van der Waals surface area contributed by atoms with Crippen LogP contribution in [0.15, 0.2) is 65.5 Å². The van der Waals surface area contributed by atoms with Crippen molar-refractivity contribution in [3.63, 3.8) is 0 Å². The maximum Gasteiger partial charge on any atom is 0.345 e. The number of amides is 2. The molecule has 196 valence electrons.